The van der Waals surface area contributed by atoms with Crippen LogP contribution in [-0.4, -0.2) is 17.9 Å². The minimum absolute atomic E-state index is 0.00265. The molecule has 0 unspecified atom stereocenters. The molecule has 0 saturated carbocycles. The third kappa shape index (κ3) is 3.56. The fourth-order valence-electron chi connectivity index (χ4n) is 4.11. The first-order valence-corrected chi connectivity index (χ1v) is 10.6. The van der Waals surface area contributed by atoms with E-state index in [4.69, 9.17) is 11.6 Å². The van der Waals surface area contributed by atoms with Crippen LogP contribution in [0.25, 0.3) is 0 Å². The van der Waals surface area contributed by atoms with Crippen LogP contribution in [0.3, 0.4) is 0 Å². The van der Waals surface area contributed by atoms with Gasteiger partial charge in [-0.15, -0.1) is 11.8 Å². The fourth-order valence-corrected chi connectivity index (χ4v) is 4.81. The number of nitrogens with one attached hydrogen (secondary N) is 1. The van der Waals surface area contributed by atoms with Crippen LogP contribution < -0.4 is 5.32 Å². The van der Waals surface area contributed by atoms with Crippen molar-refractivity contribution in [3.8, 4) is 0 Å². The topological polar surface area (TPSA) is 46.2 Å². The highest BCUT2D eigenvalue weighted by Gasteiger charge is 2.38. The van der Waals surface area contributed by atoms with E-state index >= 15 is 0 Å². The maximum atomic E-state index is 13.1. The van der Waals surface area contributed by atoms with Gasteiger partial charge in [0.15, 0.2) is 5.78 Å². The second kappa shape index (κ2) is 7.53. The zero-order chi connectivity index (χ0) is 19.0. The lowest BCUT2D eigenvalue weighted by Gasteiger charge is -2.34. The molecule has 0 bridgehead atoms. The first-order chi connectivity index (χ1) is 13.1. The van der Waals surface area contributed by atoms with Crippen LogP contribution in [0.1, 0.15) is 42.2 Å². The van der Waals surface area contributed by atoms with Gasteiger partial charge in [0.05, 0.1) is 0 Å². The van der Waals surface area contributed by atoms with Crippen molar-refractivity contribution in [1.29, 1.82) is 0 Å². The van der Waals surface area contributed by atoms with Crippen molar-refractivity contribution in [2.45, 2.75) is 36.0 Å². The van der Waals surface area contributed by atoms with E-state index in [1.54, 1.807) is 11.8 Å². The molecule has 1 aliphatic heterocycles. The van der Waals surface area contributed by atoms with Gasteiger partial charge in [-0.05, 0) is 47.9 Å². The summed E-state index contributed by atoms with van der Waals surface area (Å²) in [5.41, 5.74) is 3.54. The molecule has 1 heterocycles. The molecular weight excluding hydrogens is 378 g/mol. The number of benzene rings is 2. The number of halogens is 1. The Bertz CT molecular complexity index is 936. The molecule has 5 heteroatoms. The van der Waals surface area contributed by atoms with E-state index in [2.05, 4.69) is 5.32 Å². The monoisotopic (exact) mass is 397 g/mol. The van der Waals surface area contributed by atoms with Gasteiger partial charge in [0, 0.05) is 39.9 Å². The van der Waals surface area contributed by atoms with Gasteiger partial charge in [0.1, 0.15) is 0 Å². The number of rotatable bonds is 3. The van der Waals surface area contributed by atoms with Gasteiger partial charge in [-0.3, -0.25) is 9.59 Å². The quantitative estimate of drug-likeness (QED) is 0.736. The smallest absolute Gasteiger partial charge is 0.225 e. The molecule has 1 aliphatic carbocycles. The van der Waals surface area contributed by atoms with Gasteiger partial charge in [0.2, 0.25) is 5.91 Å². The summed E-state index contributed by atoms with van der Waals surface area (Å²) in [4.78, 5) is 26.6. The van der Waals surface area contributed by atoms with Gasteiger partial charge in [-0.1, -0.05) is 41.9 Å². The summed E-state index contributed by atoms with van der Waals surface area (Å²) < 4.78 is 0. The highest BCUT2D eigenvalue weighted by atomic mass is 35.5. The average Bonchev–Trinajstić information content (AvgIpc) is 2.67. The van der Waals surface area contributed by atoms with Crippen LogP contribution in [-0.2, 0) is 9.59 Å². The third-order valence-electron chi connectivity index (χ3n) is 5.40. The van der Waals surface area contributed by atoms with Crippen LogP contribution >= 0.6 is 23.4 Å². The number of Topliss-reactive ketones (excluding diaryl/α,β-unsaturated/α-hetero) is 1. The largest absolute Gasteiger partial charge is 0.329 e. The number of allylic oxidation sites excluding steroid dienone is 2. The highest BCUT2D eigenvalue weighted by molar-refractivity contribution is 7.98. The molecular formula is C22H20ClNO2S. The predicted molar refractivity (Wildman–Crippen MR) is 109 cm³/mol. The number of carbonyl (C=O) groups excluding carboxylic acids is 2. The predicted octanol–water partition coefficient (Wildman–Crippen LogP) is 5.07. The molecule has 2 aromatic carbocycles. The molecule has 2 aliphatic rings. The van der Waals surface area contributed by atoms with Gasteiger partial charge in [-0.2, -0.15) is 0 Å². The molecule has 3 nitrogen and oxygen atoms in total. The van der Waals surface area contributed by atoms with Gasteiger partial charge < -0.3 is 5.32 Å². The highest BCUT2D eigenvalue weighted by Crippen LogP contribution is 2.43. The van der Waals surface area contributed by atoms with Gasteiger partial charge >= 0.3 is 0 Å². The van der Waals surface area contributed by atoms with E-state index in [1.165, 1.54) is 4.90 Å². The third-order valence-corrected chi connectivity index (χ3v) is 6.49. The number of ketones is 1. The summed E-state index contributed by atoms with van der Waals surface area (Å²) in [6.45, 7) is 0. The lowest BCUT2D eigenvalue weighted by atomic mass is 9.73. The molecule has 138 valence electrons. The van der Waals surface area contributed by atoms with Crippen molar-refractivity contribution in [1.82, 2.24) is 5.32 Å². The van der Waals surface area contributed by atoms with Crippen LogP contribution in [0.2, 0.25) is 5.02 Å². The number of carbonyl (C=O) groups is 2. The van der Waals surface area contributed by atoms with Crippen molar-refractivity contribution in [2.24, 2.45) is 0 Å². The van der Waals surface area contributed by atoms with Crippen molar-refractivity contribution in [3.63, 3.8) is 0 Å². The van der Waals surface area contributed by atoms with Crippen molar-refractivity contribution in [2.75, 3.05) is 6.26 Å². The van der Waals surface area contributed by atoms with E-state index in [-0.39, 0.29) is 23.5 Å². The first-order valence-electron chi connectivity index (χ1n) is 9.01. The van der Waals surface area contributed by atoms with Crippen LogP contribution in [0.5, 0.6) is 0 Å². The Morgan fingerprint density at radius 1 is 1.00 bits per heavy atom. The lowest BCUT2D eigenvalue weighted by molar-refractivity contribution is -0.122. The lowest BCUT2D eigenvalue weighted by Crippen LogP contribution is -2.38. The first kappa shape index (κ1) is 18.3. The van der Waals surface area contributed by atoms with E-state index in [0.29, 0.717) is 24.3 Å². The van der Waals surface area contributed by atoms with Crippen LogP contribution in [0.4, 0.5) is 0 Å². The van der Waals surface area contributed by atoms with E-state index in [1.807, 2.05) is 54.8 Å². The van der Waals surface area contributed by atoms with Crippen molar-refractivity contribution >= 4 is 35.1 Å². The molecule has 0 aromatic heterocycles. The molecule has 1 N–H and O–H groups in total. The molecule has 2 atom stereocenters. The maximum Gasteiger partial charge on any atom is 0.225 e. The fraction of sp³-hybridized carbons (Fsp3) is 0.273. The number of hydrogen-bond acceptors (Lipinski definition) is 3. The molecule has 0 fully saturated rings. The Hall–Kier alpha value is -2.04. The molecule has 0 spiro atoms. The summed E-state index contributed by atoms with van der Waals surface area (Å²) >= 11 is 8.02. The zero-order valence-electron chi connectivity index (χ0n) is 15.0. The molecule has 2 aromatic rings. The summed E-state index contributed by atoms with van der Waals surface area (Å²) in [5, 5.41) is 3.63. The second-order valence-electron chi connectivity index (χ2n) is 7.02. The molecule has 0 saturated heterocycles. The molecule has 4 rings (SSSR count). The Balaban J connectivity index is 1.70. The number of amides is 1. The van der Waals surface area contributed by atoms with Crippen LogP contribution in [0.15, 0.2) is 64.7 Å². The minimum atomic E-state index is -0.163. The van der Waals surface area contributed by atoms with Crippen molar-refractivity contribution in [3.05, 3.63) is 76.0 Å². The van der Waals surface area contributed by atoms with Crippen LogP contribution in [0, 0.1) is 0 Å². The Morgan fingerprint density at radius 2 is 1.74 bits per heavy atom. The Kier molecular flexibility index (Phi) is 5.11. The molecule has 1 amide bonds. The summed E-state index contributed by atoms with van der Waals surface area (Å²) in [5.74, 6) is -0.0763. The van der Waals surface area contributed by atoms with E-state index < -0.39 is 0 Å². The van der Waals surface area contributed by atoms with E-state index in [0.717, 1.165) is 22.4 Å². The summed E-state index contributed by atoms with van der Waals surface area (Å²) in [7, 11) is 0. The SMILES string of the molecule is CSc1ccc([C@H]2CC(=O)NC3=C2C(=O)C[C@H](c2ccccc2Cl)C3)cc1. The average molecular weight is 398 g/mol. The standard InChI is InChI=1S/C22H20ClNO2S/c1-27-15-8-6-13(7-9-15)17-12-21(26)24-19-10-14(11-20(25)22(17)19)16-4-2-3-5-18(16)23/h2-9,14,17H,10-12H2,1H3,(H,24,26)/t14-,17-/m1/s1. The molecule has 0 radical (unpaired) electrons. The number of thioether (sulfide) groups is 1. The Morgan fingerprint density at radius 3 is 2.44 bits per heavy atom. The van der Waals surface area contributed by atoms with Gasteiger partial charge in [0.25, 0.3) is 0 Å². The Labute approximate surface area is 168 Å². The summed E-state index contributed by atoms with van der Waals surface area (Å²) in [6, 6.07) is 15.8. The minimum Gasteiger partial charge on any atom is -0.329 e. The summed E-state index contributed by atoms with van der Waals surface area (Å²) in [6.07, 6.45) is 3.41. The van der Waals surface area contributed by atoms with Crippen molar-refractivity contribution < 1.29 is 9.59 Å². The second-order valence-corrected chi connectivity index (χ2v) is 8.31. The number of hydrogen-bond donors (Lipinski definition) is 1. The normalized spacial score (nSPS) is 22.4. The van der Waals surface area contributed by atoms with Gasteiger partial charge in [-0.25, -0.2) is 0 Å². The van der Waals surface area contributed by atoms with E-state index in [9.17, 15) is 9.59 Å². The molecule has 27 heavy (non-hydrogen) atoms. The maximum absolute atomic E-state index is 13.1. The zero-order valence-corrected chi connectivity index (χ0v) is 16.6.